The van der Waals surface area contributed by atoms with Gasteiger partial charge in [0, 0.05) is 5.56 Å². The van der Waals surface area contributed by atoms with E-state index in [1.54, 1.807) is 6.92 Å². The number of hydrogen-bond donors (Lipinski definition) is 0. The average Bonchev–Trinajstić information content (AvgIpc) is 2.91. The molecular formula is C15H11F2N3O2S. The van der Waals surface area contributed by atoms with Gasteiger partial charge in [-0.1, -0.05) is 4.20 Å². The molecule has 5 nitrogen and oxygen atoms in total. The van der Waals surface area contributed by atoms with E-state index >= 15 is 0 Å². The number of aromatic nitrogens is 3. The van der Waals surface area contributed by atoms with E-state index < -0.39 is 21.7 Å². The average molecular weight is 335 g/mol. The highest BCUT2D eigenvalue weighted by Crippen LogP contribution is 2.22. The molecule has 23 heavy (non-hydrogen) atoms. The molecule has 0 saturated carbocycles. The predicted octanol–water partition coefficient (Wildman–Crippen LogP) is 2.77. The highest BCUT2D eigenvalue weighted by Gasteiger charge is 2.22. The first kappa shape index (κ1) is 15.3. The SMILES string of the molecule is Cc1nn(S(=O)(=O)c2ccc(F)cc2)nc1-c1ccc(F)cc1. The largest absolute Gasteiger partial charge is 0.299 e. The molecule has 0 unspecified atom stereocenters. The Balaban J connectivity index is 2.06. The fourth-order valence-corrected chi connectivity index (χ4v) is 3.13. The van der Waals surface area contributed by atoms with Crippen LogP contribution < -0.4 is 0 Å². The molecule has 0 fully saturated rings. The minimum atomic E-state index is -4.02. The van der Waals surface area contributed by atoms with E-state index in [0.717, 1.165) is 24.3 Å². The number of nitrogens with zero attached hydrogens (tertiary/aromatic N) is 3. The summed E-state index contributed by atoms with van der Waals surface area (Å²) in [4.78, 5) is -0.125. The maximum Gasteiger partial charge on any atom is 0.299 e. The summed E-state index contributed by atoms with van der Waals surface area (Å²) in [6.45, 7) is 1.60. The van der Waals surface area contributed by atoms with Gasteiger partial charge in [-0.15, -0.1) is 10.2 Å². The molecule has 0 bridgehead atoms. The van der Waals surface area contributed by atoms with Crippen molar-refractivity contribution in [3.05, 3.63) is 65.9 Å². The van der Waals surface area contributed by atoms with Crippen LogP contribution >= 0.6 is 0 Å². The smallest absolute Gasteiger partial charge is 0.207 e. The van der Waals surface area contributed by atoms with Gasteiger partial charge in [-0.3, -0.25) is 0 Å². The summed E-state index contributed by atoms with van der Waals surface area (Å²) in [5, 5.41) is 7.89. The highest BCUT2D eigenvalue weighted by atomic mass is 32.2. The molecule has 1 heterocycles. The van der Waals surface area contributed by atoms with E-state index in [4.69, 9.17) is 0 Å². The number of rotatable bonds is 3. The summed E-state index contributed by atoms with van der Waals surface area (Å²) < 4.78 is 51.4. The van der Waals surface area contributed by atoms with Crippen LogP contribution in [0.25, 0.3) is 11.3 Å². The van der Waals surface area contributed by atoms with Crippen LogP contribution in [-0.4, -0.2) is 22.8 Å². The Morgan fingerprint density at radius 3 is 1.96 bits per heavy atom. The summed E-state index contributed by atoms with van der Waals surface area (Å²) in [7, 11) is -4.02. The van der Waals surface area contributed by atoms with Gasteiger partial charge in [0.15, 0.2) is 0 Å². The molecule has 0 aliphatic heterocycles. The number of halogens is 2. The Morgan fingerprint density at radius 2 is 1.39 bits per heavy atom. The zero-order valence-corrected chi connectivity index (χ0v) is 12.8. The van der Waals surface area contributed by atoms with Crippen LogP contribution in [0.2, 0.25) is 0 Å². The van der Waals surface area contributed by atoms with Crippen molar-refractivity contribution in [3.63, 3.8) is 0 Å². The molecule has 0 N–H and O–H groups in total. The van der Waals surface area contributed by atoms with Gasteiger partial charge >= 0.3 is 0 Å². The van der Waals surface area contributed by atoms with Gasteiger partial charge in [0.05, 0.1) is 10.6 Å². The van der Waals surface area contributed by atoms with Crippen LogP contribution in [0.4, 0.5) is 8.78 Å². The Bertz CT molecular complexity index is 949. The lowest BCUT2D eigenvalue weighted by molar-refractivity contribution is 0.567. The molecule has 3 aromatic rings. The van der Waals surface area contributed by atoms with Gasteiger partial charge in [-0.05, 0) is 55.5 Å². The predicted molar refractivity (Wildman–Crippen MR) is 79.1 cm³/mol. The quantitative estimate of drug-likeness (QED) is 0.738. The van der Waals surface area contributed by atoms with Crippen LogP contribution in [-0.2, 0) is 10.0 Å². The Kier molecular flexibility index (Phi) is 3.69. The monoisotopic (exact) mass is 335 g/mol. The summed E-state index contributed by atoms with van der Waals surface area (Å²) in [5.41, 5.74) is 1.25. The van der Waals surface area contributed by atoms with Crippen molar-refractivity contribution in [1.82, 2.24) is 14.4 Å². The van der Waals surface area contributed by atoms with Crippen molar-refractivity contribution in [2.24, 2.45) is 0 Å². The number of hydrogen-bond acceptors (Lipinski definition) is 4. The molecule has 0 radical (unpaired) electrons. The molecule has 0 aliphatic rings. The third-order valence-electron chi connectivity index (χ3n) is 3.21. The normalized spacial score (nSPS) is 11.6. The summed E-state index contributed by atoms with van der Waals surface area (Å²) in [5.74, 6) is -0.946. The first-order valence-corrected chi connectivity index (χ1v) is 8.03. The van der Waals surface area contributed by atoms with Gasteiger partial charge in [-0.25, -0.2) is 8.78 Å². The molecule has 0 amide bonds. The summed E-state index contributed by atoms with van der Waals surface area (Å²) in [6.07, 6.45) is 0. The standard InChI is InChI=1S/C15H11F2N3O2S/c1-10-15(11-2-4-12(16)5-3-11)19-20(18-10)23(21,22)14-8-6-13(17)7-9-14/h2-9H,1H3. The minimum Gasteiger partial charge on any atom is -0.207 e. The lowest BCUT2D eigenvalue weighted by atomic mass is 10.1. The molecule has 1 aromatic heterocycles. The van der Waals surface area contributed by atoms with Crippen molar-refractivity contribution in [3.8, 4) is 11.3 Å². The molecule has 2 aromatic carbocycles. The Morgan fingerprint density at radius 1 is 0.870 bits per heavy atom. The second-order valence-electron chi connectivity index (χ2n) is 4.82. The van der Waals surface area contributed by atoms with Gasteiger partial charge in [0.1, 0.15) is 17.3 Å². The molecule has 3 rings (SSSR count). The van der Waals surface area contributed by atoms with Crippen LogP contribution in [0, 0.1) is 18.6 Å². The highest BCUT2D eigenvalue weighted by molar-refractivity contribution is 7.89. The number of aryl methyl sites for hydroxylation is 1. The van der Waals surface area contributed by atoms with Crippen molar-refractivity contribution in [2.45, 2.75) is 11.8 Å². The van der Waals surface area contributed by atoms with Crippen molar-refractivity contribution < 1.29 is 17.2 Å². The van der Waals surface area contributed by atoms with Crippen LogP contribution in [0.15, 0.2) is 53.4 Å². The third kappa shape index (κ3) is 2.85. The van der Waals surface area contributed by atoms with Gasteiger partial charge in [0.25, 0.3) is 10.0 Å². The minimum absolute atomic E-state index is 0.125. The lowest BCUT2D eigenvalue weighted by Crippen LogP contribution is -2.16. The molecule has 8 heteroatoms. The number of benzene rings is 2. The zero-order valence-electron chi connectivity index (χ0n) is 11.9. The molecule has 0 spiro atoms. The van der Waals surface area contributed by atoms with E-state index in [9.17, 15) is 17.2 Å². The van der Waals surface area contributed by atoms with Crippen LogP contribution in [0.5, 0.6) is 0 Å². The third-order valence-corrected chi connectivity index (χ3v) is 4.67. The molecule has 0 saturated heterocycles. The van der Waals surface area contributed by atoms with Gasteiger partial charge < -0.3 is 0 Å². The van der Waals surface area contributed by atoms with Crippen LogP contribution in [0.1, 0.15) is 5.69 Å². The molecular weight excluding hydrogens is 324 g/mol. The second kappa shape index (κ2) is 5.54. The van der Waals surface area contributed by atoms with E-state index in [2.05, 4.69) is 10.2 Å². The van der Waals surface area contributed by atoms with Gasteiger partial charge in [-0.2, -0.15) is 8.42 Å². The fourth-order valence-electron chi connectivity index (χ4n) is 2.04. The first-order valence-electron chi connectivity index (χ1n) is 6.59. The summed E-state index contributed by atoms with van der Waals surface area (Å²) in [6, 6.07) is 9.85. The van der Waals surface area contributed by atoms with E-state index in [1.807, 2.05) is 0 Å². The Hall–Kier alpha value is -2.61. The summed E-state index contributed by atoms with van der Waals surface area (Å²) >= 11 is 0. The molecule has 118 valence electrons. The second-order valence-corrected chi connectivity index (χ2v) is 6.57. The first-order chi connectivity index (χ1) is 10.9. The lowest BCUT2D eigenvalue weighted by Gasteiger charge is -2.02. The maximum atomic E-state index is 13.0. The van der Waals surface area contributed by atoms with E-state index in [-0.39, 0.29) is 4.90 Å². The van der Waals surface area contributed by atoms with Gasteiger partial charge in [0.2, 0.25) is 0 Å². The molecule has 0 aliphatic carbocycles. The van der Waals surface area contributed by atoms with E-state index in [1.165, 1.54) is 24.3 Å². The zero-order chi connectivity index (χ0) is 16.6. The van der Waals surface area contributed by atoms with Crippen molar-refractivity contribution >= 4 is 10.0 Å². The van der Waals surface area contributed by atoms with Crippen LogP contribution in [0.3, 0.4) is 0 Å². The van der Waals surface area contributed by atoms with E-state index in [0.29, 0.717) is 21.2 Å². The maximum absolute atomic E-state index is 13.0. The Labute approximate surface area is 131 Å². The van der Waals surface area contributed by atoms with Crippen molar-refractivity contribution in [1.29, 1.82) is 0 Å². The topological polar surface area (TPSA) is 64.8 Å². The fraction of sp³-hybridized carbons (Fsp3) is 0.0667. The van der Waals surface area contributed by atoms with Crippen molar-refractivity contribution in [2.75, 3.05) is 0 Å². The molecule has 0 atom stereocenters.